The third-order valence-electron chi connectivity index (χ3n) is 9.71. The summed E-state index contributed by atoms with van der Waals surface area (Å²) in [6, 6.07) is 2.58. The minimum Gasteiger partial charge on any atom is -0.488 e. The van der Waals surface area contributed by atoms with Gasteiger partial charge in [0.15, 0.2) is 18.0 Å². The topological polar surface area (TPSA) is 150 Å². The maximum atomic E-state index is 17.3. The molecule has 0 bridgehead atoms. The zero-order valence-corrected chi connectivity index (χ0v) is 28.2. The van der Waals surface area contributed by atoms with Crippen molar-refractivity contribution in [2.24, 2.45) is 0 Å². The number of carbonyl (C=O) groups is 1. The monoisotopic (exact) mass is 761 g/mol. The molecule has 5 aromatic rings. The van der Waals surface area contributed by atoms with Gasteiger partial charge in [-0.3, -0.25) is 10.2 Å². The summed E-state index contributed by atoms with van der Waals surface area (Å²) in [6.45, 7) is -0.454. The van der Waals surface area contributed by atoms with Crippen molar-refractivity contribution in [3.05, 3.63) is 52.7 Å². The van der Waals surface area contributed by atoms with E-state index < -0.39 is 65.5 Å². The van der Waals surface area contributed by atoms with Gasteiger partial charge in [-0.05, 0) is 31.0 Å². The van der Waals surface area contributed by atoms with Gasteiger partial charge in [-0.25, -0.2) is 31.7 Å². The molecule has 2 saturated heterocycles. The number of hydrogen-bond donors (Lipinski definition) is 2. The molecule has 0 spiro atoms. The van der Waals surface area contributed by atoms with Crippen molar-refractivity contribution >= 4 is 60.8 Å². The molecule has 270 valence electrons. The number of ether oxygens (including phenoxy) is 2. The number of nitrogens with one attached hydrogen (secondary N) is 1. The van der Waals surface area contributed by atoms with E-state index in [1.807, 2.05) is 11.0 Å². The lowest BCUT2D eigenvalue weighted by Gasteiger charge is -2.31. The van der Waals surface area contributed by atoms with Crippen LogP contribution in [0.4, 0.5) is 37.6 Å². The number of benzene rings is 2. The summed E-state index contributed by atoms with van der Waals surface area (Å²) >= 11 is 7.57. The van der Waals surface area contributed by atoms with Crippen molar-refractivity contribution in [1.29, 1.82) is 5.26 Å². The summed E-state index contributed by atoms with van der Waals surface area (Å²) in [6.07, 6.45) is -1.46. The summed E-state index contributed by atoms with van der Waals surface area (Å²) in [5.74, 6) is -2.23. The number of amides is 1. The molecule has 8 rings (SSSR count). The molecule has 12 nitrogen and oxygen atoms in total. The SMILES string of the molecule is N#Cc1c(NC(=O)O)sc2c(F)ccc(-c3c(Cl)c4c5c(nc(OC[C@@]67CCCN6C[C@H](F)C7)nc5c3F)N(CC(F)F)C(c3cnco3)CO4)c12. The summed E-state index contributed by atoms with van der Waals surface area (Å²) in [4.78, 5) is 27.5. The molecule has 0 aliphatic carbocycles. The Morgan fingerprint density at radius 2 is 2.12 bits per heavy atom. The number of alkyl halides is 3. The Bertz CT molecular complexity index is 2290. The fourth-order valence-electron chi connectivity index (χ4n) is 7.59. The number of fused-ring (bicyclic) bond motifs is 2. The van der Waals surface area contributed by atoms with Crippen molar-refractivity contribution in [1.82, 2.24) is 19.9 Å². The zero-order chi connectivity index (χ0) is 36.5. The molecule has 1 unspecified atom stereocenters. The second-order valence-corrected chi connectivity index (χ2v) is 14.1. The average Bonchev–Trinajstić information content (AvgIpc) is 3.87. The van der Waals surface area contributed by atoms with Crippen LogP contribution in [0, 0.1) is 23.0 Å². The fraction of sp³-hybridized carbons (Fsp3) is 0.364. The maximum Gasteiger partial charge on any atom is 0.409 e. The summed E-state index contributed by atoms with van der Waals surface area (Å²) in [5, 5.41) is 20.6. The highest BCUT2D eigenvalue weighted by Gasteiger charge is 2.49. The van der Waals surface area contributed by atoms with Gasteiger partial charge in [-0.1, -0.05) is 17.7 Å². The number of rotatable bonds is 8. The molecule has 3 aromatic heterocycles. The van der Waals surface area contributed by atoms with Crippen LogP contribution >= 0.6 is 22.9 Å². The van der Waals surface area contributed by atoms with Crippen LogP contribution in [-0.4, -0.2) is 82.0 Å². The average molecular weight is 762 g/mol. The van der Waals surface area contributed by atoms with Crippen molar-refractivity contribution in [2.45, 2.75) is 43.4 Å². The lowest BCUT2D eigenvalue weighted by atomic mass is 9.95. The normalized spacial score (nSPS) is 21.4. The van der Waals surface area contributed by atoms with Crippen LogP contribution in [0.25, 0.3) is 32.1 Å². The molecule has 3 aliphatic heterocycles. The molecule has 3 atom stereocenters. The van der Waals surface area contributed by atoms with Gasteiger partial charge >= 0.3 is 12.1 Å². The number of oxazole rings is 1. The molecule has 6 heterocycles. The Morgan fingerprint density at radius 1 is 1.29 bits per heavy atom. The number of anilines is 2. The van der Waals surface area contributed by atoms with E-state index in [1.54, 1.807) is 0 Å². The van der Waals surface area contributed by atoms with Crippen LogP contribution < -0.4 is 19.7 Å². The van der Waals surface area contributed by atoms with E-state index in [1.165, 1.54) is 12.3 Å². The Labute approximate surface area is 299 Å². The largest absolute Gasteiger partial charge is 0.488 e. The minimum absolute atomic E-state index is 0.0669. The Morgan fingerprint density at radius 3 is 2.85 bits per heavy atom. The molecule has 0 radical (unpaired) electrons. The smallest absolute Gasteiger partial charge is 0.409 e. The van der Waals surface area contributed by atoms with Crippen LogP contribution in [0.5, 0.6) is 11.8 Å². The zero-order valence-electron chi connectivity index (χ0n) is 26.6. The van der Waals surface area contributed by atoms with E-state index in [2.05, 4.69) is 20.3 Å². The van der Waals surface area contributed by atoms with Crippen LogP contribution in [0.1, 0.15) is 36.6 Å². The Hall–Kier alpha value is -4.99. The van der Waals surface area contributed by atoms with Gasteiger partial charge in [0.2, 0.25) is 0 Å². The van der Waals surface area contributed by atoms with E-state index in [0.717, 1.165) is 23.8 Å². The summed E-state index contributed by atoms with van der Waals surface area (Å²) < 4.78 is 93.2. The second-order valence-electron chi connectivity index (χ2n) is 12.7. The molecule has 0 saturated carbocycles. The second kappa shape index (κ2) is 12.9. The molecule has 52 heavy (non-hydrogen) atoms. The Balaban J connectivity index is 1.37. The fourth-order valence-corrected chi connectivity index (χ4v) is 8.99. The van der Waals surface area contributed by atoms with Crippen molar-refractivity contribution in [3.63, 3.8) is 0 Å². The first kappa shape index (κ1) is 34.1. The van der Waals surface area contributed by atoms with Gasteiger partial charge in [0.25, 0.3) is 6.43 Å². The maximum absolute atomic E-state index is 17.3. The van der Waals surface area contributed by atoms with Crippen molar-refractivity contribution in [3.8, 4) is 29.0 Å². The number of halogens is 6. The molecular weight excluding hydrogens is 737 g/mol. The molecule has 2 N–H and O–H groups in total. The lowest BCUT2D eigenvalue weighted by molar-refractivity contribution is 0.107. The predicted molar refractivity (Wildman–Crippen MR) is 178 cm³/mol. The van der Waals surface area contributed by atoms with Crippen molar-refractivity contribution < 1.29 is 45.7 Å². The highest BCUT2D eigenvalue weighted by Crippen LogP contribution is 2.52. The highest BCUT2D eigenvalue weighted by atomic mass is 35.5. The quantitative estimate of drug-likeness (QED) is 0.151. The third kappa shape index (κ3) is 5.49. The summed E-state index contributed by atoms with van der Waals surface area (Å²) in [7, 11) is 0. The van der Waals surface area contributed by atoms with E-state index in [0.29, 0.717) is 24.3 Å². The van der Waals surface area contributed by atoms with Gasteiger partial charge in [-0.2, -0.15) is 15.2 Å². The molecule has 19 heteroatoms. The van der Waals surface area contributed by atoms with Gasteiger partial charge in [-0.15, -0.1) is 11.3 Å². The third-order valence-corrected chi connectivity index (χ3v) is 11.2. The number of nitriles is 1. The number of thiophene rings is 1. The lowest BCUT2D eigenvalue weighted by Crippen LogP contribution is -2.43. The van der Waals surface area contributed by atoms with E-state index >= 15 is 8.78 Å². The first-order valence-electron chi connectivity index (χ1n) is 16.0. The number of carboxylic acid groups (broad SMARTS) is 1. The van der Waals surface area contributed by atoms with E-state index in [-0.39, 0.29) is 80.1 Å². The molecule has 3 aliphatic rings. The molecular formula is C33H25ClF5N7O5S. The minimum atomic E-state index is -2.92. The predicted octanol–water partition coefficient (Wildman–Crippen LogP) is 7.55. The summed E-state index contributed by atoms with van der Waals surface area (Å²) in [5.41, 5.74) is -1.91. The van der Waals surface area contributed by atoms with Gasteiger partial charge in [0.1, 0.15) is 59.4 Å². The molecule has 2 fully saturated rings. The van der Waals surface area contributed by atoms with Gasteiger partial charge in [0.05, 0.1) is 39.0 Å². The van der Waals surface area contributed by atoms with Crippen LogP contribution in [-0.2, 0) is 0 Å². The first-order valence-corrected chi connectivity index (χ1v) is 17.1. The molecule has 2 aromatic carbocycles. The van der Waals surface area contributed by atoms with Gasteiger partial charge in [0, 0.05) is 23.9 Å². The number of aromatic nitrogens is 3. The van der Waals surface area contributed by atoms with Gasteiger partial charge < -0.3 is 23.9 Å². The van der Waals surface area contributed by atoms with Crippen LogP contribution in [0.2, 0.25) is 5.02 Å². The van der Waals surface area contributed by atoms with Crippen LogP contribution in [0.15, 0.2) is 29.1 Å². The molecule has 1 amide bonds. The standard InChI is InChI=1S/C33H25ClF5N7O5S/c34-24-22(15-2-3-17(36)28-21(15)16(7-40)30(52-28)44-32(47)48)25(39)26-23-27(24)49-11-18(19-8-41-13-51-19)46(10-20(37)38)29(23)43-31(42-26)50-12-33-4-1-5-45(33)9-14(35)6-33/h2-3,8,13-14,18,20,44H,1,4-6,9-12H2,(H,47,48)/t14-,18?,33+/m1/s1. The van der Waals surface area contributed by atoms with E-state index in [9.17, 15) is 28.3 Å². The highest BCUT2D eigenvalue weighted by molar-refractivity contribution is 7.23. The first-order chi connectivity index (χ1) is 25.0. The van der Waals surface area contributed by atoms with Crippen molar-refractivity contribution in [2.75, 3.05) is 43.1 Å². The number of hydrogen-bond acceptors (Lipinski definition) is 11. The van der Waals surface area contributed by atoms with Crippen LogP contribution in [0.3, 0.4) is 0 Å². The number of nitrogens with zero attached hydrogens (tertiary/aromatic N) is 6. The van der Waals surface area contributed by atoms with E-state index in [4.69, 9.17) is 25.5 Å². The Kier molecular flexibility index (Phi) is 8.46.